The smallest absolute Gasteiger partial charge is 0.222 e. The zero-order valence-corrected chi connectivity index (χ0v) is 16.1. The van der Waals surface area contributed by atoms with Gasteiger partial charge in [-0.05, 0) is 36.1 Å². The zero-order valence-electron chi connectivity index (χ0n) is 16.1. The van der Waals surface area contributed by atoms with Gasteiger partial charge in [0.2, 0.25) is 5.91 Å². The van der Waals surface area contributed by atoms with Gasteiger partial charge in [-0.1, -0.05) is 49.4 Å². The molecule has 2 aromatic carbocycles. The summed E-state index contributed by atoms with van der Waals surface area (Å²) in [6.45, 7) is 2.79. The third-order valence-corrected chi connectivity index (χ3v) is 5.56. The standard InChI is InChI=1S/C24H24N2O2/c1-2-24(28)26-12-11-20(23(27)16-26)13-17-7-9-18(10-8-17)21-14-19-5-3-4-6-22(19)25-15-21/h3-10,14-15,20H,2,11-13,16H2,1H3. The molecule has 1 fully saturated rings. The highest BCUT2D eigenvalue weighted by atomic mass is 16.2. The molecule has 4 heteroatoms. The van der Waals surface area contributed by atoms with E-state index in [0.29, 0.717) is 13.0 Å². The maximum absolute atomic E-state index is 12.4. The highest BCUT2D eigenvalue weighted by Crippen LogP contribution is 2.25. The first-order chi connectivity index (χ1) is 13.6. The summed E-state index contributed by atoms with van der Waals surface area (Å²) in [5.41, 5.74) is 4.37. The SMILES string of the molecule is CCC(=O)N1CCC(Cc2ccc(-c3cnc4ccccc4c3)cc2)C(=O)C1. The van der Waals surface area contributed by atoms with Crippen LogP contribution in [0.3, 0.4) is 0 Å². The van der Waals surface area contributed by atoms with Crippen LogP contribution in [0.4, 0.5) is 0 Å². The van der Waals surface area contributed by atoms with Gasteiger partial charge in [0.15, 0.2) is 5.78 Å². The minimum Gasteiger partial charge on any atom is -0.335 e. The molecule has 1 saturated heterocycles. The van der Waals surface area contributed by atoms with Crippen LogP contribution in [0.15, 0.2) is 60.8 Å². The number of carbonyl (C=O) groups excluding carboxylic acids is 2. The van der Waals surface area contributed by atoms with Crippen LogP contribution in [-0.4, -0.2) is 34.7 Å². The van der Waals surface area contributed by atoms with Crippen molar-refractivity contribution in [3.8, 4) is 11.1 Å². The van der Waals surface area contributed by atoms with E-state index in [-0.39, 0.29) is 24.2 Å². The lowest BCUT2D eigenvalue weighted by Crippen LogP contribution is -2.44. The van der Waals surface area contributed by atoms with Crippen LogP contribution in [-0.2, 0) is 16.0 Å². The molecule has 0 saturated carbocycles. The number of amides is 1. The van der Waals surface area contributed by atoms with Crippen LogP contribution < -0.4 is 0 Å². The second-order valence-corrected chi connectivity index (χ2v) is 7.44. The molecule has 28 heavy (non-hydrogen) atoms. The summed E-state index contributed by atoms with van der Waals surface area (Å²) >= 11 is 0. The lowest BCUT2D eigenvalue weighted by atomic mass is 9.88. The summed E-state index contributed by atoms with van der Waals surface area (Å²) in [4.78, 5) is 30.5. The fourth-order valence-electron chi connectivity index (χ4n) is 3.87. The first kappa shape index (κ1) is 18.4. The molecular weight excluding hydrogens is 348 g/mol. The molecule has 1 aromatic heterocycles. The molecule has 0 radical (unpaired) electrons. The normalized spacial score (nSPS) is 17.1. The van der Waals surface area contributed by atoms with E-state index in [1.165, 1.54) is 0 Å². The molecule has 1 unspecified atom stereocenters. The number of para-hydroxylation sites is 1. The summed E-state index contributed by atoms with van der Waals surface area (Å²) in [6, 6.07) is 18.6. The van der Waals surface area contributed by atoms with E-state index in [2.05, 4.69) is 41.4 Å². The Balaban J connectivity index is 1.45. The number of fused-ring (bicyclic) bond motifs is 1. The van der Waals surface area contributed by atoms with Gasteiger partial charge in [0.1, 0.15) is 0 Å². The lowest BCUT2D eigenvalue weighted by molar-refractivity contribution is -0.139. The molecule has 1 amide bonds. The van der Waals surface area contributed by atoms with Crippen molar-refractivity contribution in [2.75, 3.05) is 13.1 Å². The average molecular weight is 372 g/mol. The zero-order chi connectivity index (χ0) is 19.5. The van der Waals surface area contributed by atoms with E-state index in [9.17, 15) is 9.59 Å². The second kappa shape index (κ2) is 7.93. The highest BCUT2D eigenvalue weighted by Gasteiger charge is 2.28. The number of likely N-dealkylation sites (tertiary alicyclic amines) is 1. The predicted molar refractivity (Wildman–Crippen MR) is 111 cm³/mol. The van der Waals surface area contributed by atoms with Gasteiger partial charge < -0.3 is 4.90 Å². The van der Waals surface area contributed by atoms with Crippen LogP contribution in [0, 0.1) is 5.92 Å². The number of hydrogen-bond donors (Lipinski definition) is 0. The summed E-state index contributed by atoms with van der Waals surface area (Å²) in [5, 5.41) is 1.13. The Morgan fingerprint density at radius 1 is 1.11 bits per heavy atom. The first-order valence-electron chi connectivity index (χ1n) is 9.88. The molecule has 1 aliphatic heterocycles. The van der Waals surface area contributed by atoms with Gasteiger partial charge in [-0.25, -0.2) is 0 Å². The van der Waals surface area contributed by atoms with E-state index in [4.69, 9.17) is 0 Å². The van der Waals surface area contributed by atoms with Gasteiger partial charge in [0, 0.05) is 36.0 Å². The second-order valence-electron chi connectivity index (χ2n) is 7.44. The molecule has 0 N–H and O–H groups in total. The summed E-state index contributed by atoms with van der Waals surface area (Å²) in [7, 11) is 0. The molecule has 0 aliphatic carbocycles. The molecular formula is C24H24N2O2. The average Bonchev–Trinajstić information content (AvgIpc) is 2.74. The third-order valence-electron chi connectivity index (χ3n) is 5.56. The number of rotatable bonds is 4. The molecule has 4 rings (SSSR count). The number of hydrogen-bond acceptors (Lipinski definition) is 3. The fraction of sp³-hybridized carbons (Fsp3) is 0.292. The number of piperidine rings is 1. The van der Waals surface area contributed by atoms with Crippen molar-refractivity contribution < 1.29 is 9.59 Å². The quantitative estimate of drug-likeness (QED) is 0.687. The predicted octanol–water partition coefficient (Wildman–Crippen LogP) is 4.27. The van der Waals surface area contributed by atoms with Gasteiger partial charge in [-0.15, -0.1) is 0 Å². The minimum absolute atomic E-state index is 0.00842. The van der Waals surface area contributed by atoms with Gasteiger partial charge in [0.25, 0.3) is 0 Å². The van der Waals surface area contributed by atoms with E-state index in [1.54, 1.807) is 4.90 Å². The van der Waals surface area contributed by atoms with Crippen molar-refractivity contribution in [3.05, 3.63) is 66.4 Å². The monoisotopic (exact) mass is 372 g/mol. The Labute approximate surface area is 165 Å². The molecule has 2 heterocycles. The number of ketones is 1. The van der Waals surface area contributed by atoms with E-state index in [0.717, 1.165) is 40.4 Å². The number of nitrogens with zero attached hydrogens (tertiary/aromatic N) is 2. The van der Waals surface area contributed by atoms with Crippen molar-refractivity contribution >= 4 is 22.6 Å². The minimum atomic E-state index is 0.00842. The Morgan fingerprint density at radius 3 is 2.64 bits per heavy atom. The topological polar surface area (TPSA) is 50.3 Å². The van der Waals surface area contributed by atoms with E-state index >= 15 is 0 Å². The molecule has 0 bridgehead atoms. The molecule has 1 aliphatic rings. The highest BCUT2D eigenvalue weighted by molar-refractivity contribution is 5.89. The summed E-state index contributed by atoms with van der Waals surface area (Å²) < 4.78 is 0. The van der Waals surface area contributed by atoms with Crippen molar-refractivity contribution in [2.24, 2.45) is 5.92 Å². The lowest BCUT2D eigenvalue weighted by Gasteiger charge is -2.30. The Bertz CT molecular complexity index is 1010. The number of benzene rings is 2. The van der Waals surface area contributed by atoms with Crippen molar-refractivity contribution in [3.63, 3.8) is 0 Å². The van der Waals surface area contributed by atoms with Crippen LogP contribution in [0.2, 0.25) is 0 Å². The molecule has 3 aromatic rings. The molecule has 142 valence electrons. The van der Waals surface area contributed by atoms with Gasteiger partial charge in [0.05, 0.1) is 12.1 Å². The maximum Gasteiger partial charge on any atom is 0.222 e. The van der Waals surface area contributed by atoms with Gasteiger partial charge in [-0.3, -0.25) is 14.6 Å². The molecule has 0 spiro atoms. The first-order valence-corrected chi connectivity index (χ1v) is 9.88. The van der Waals surface area contributed by atoms with E-state index < -0.39 is 0 Å². The van der Waals surface area contributed by atoms with E-state index in [1.807, 2.05) is 31.3 Å². The van der Waals surface area contributed by atoms with Crippen molar-refractivity contribution in [1.29, 1.82) is 0 Å². The van der Waals surface area contributed by atoms with Crippen molar-refractivity contribution in [2.45, 2.75) is 26.2 Å². The summed E-state index contributed by atoms with van der Waals surface area (Å²) in [5.74, 6) is 0.255. The molecule has 1 atom stereocenters. The fourth-order valence-corrected chi connectivity index (χ4v) is 3.87. The van der Waals surface area contributed by atoms with Crippen molar-refractivity contribution in [1.82, 2.24) is 9.88 Å². The third kappa shape index (κ3) is 3.81. The number of Topliss-reactive ketones (excluding diaryl/α,β-unsaturated/α-hetero) is 1. The van der Waals surface area contributed by atoms with Gasteiger partial charge in [-0.2, -0.15) is 0 Å². The maximum atomic E-state index is 12.4. The largest absolute Gasteiger partial charge is 0.335 e. The van der Waals surface area contributed by atoms with Crippen LogP contribution in [0.25, 0.3) is 22.0 Å². The Hall–Kier alpha value is -3.01. The van der Waals surface area contributed by atoms with Gasteiger partial charge >= 0.3 is 0 Å². The number of pyridine rings is 1. The number of carbonyl (C=O) groups is 2. The van der Waals surface area contributed by atoms with Crippen LogP contribution in [0.5, 0.6) is 0 Å². The Kier molecular flexibility index (Phi) is 5.20. The molecule has 4 nitrogen and oxygen atoms in total. The summed E-state index contributed by atoms with van der Waals surface area (Å²) in [6.07, 6.45) is 3.86. The number of aromatic nitrogens is 1. The van der Waals surface area contributed by atoms with Crippen LogP contribution >= 0.6 is 0 Å². The Morgan fingerprint density at radius 2 is 1.89 bits per heavy atom. The van der Waals surface area contributed by atoms with Crippen LogP contribution in [0.1, 0.15) is 25.3 Å².